The molecule has 1 saturated carbocycles. The number of nitrogens with zero attached hydrogens (tertiary/aromatic N) is 1. The average Bonchev–Trinajstić information content (AvgIpc) is 2.88. The van der Waals surface area contributed by atoms with Gasteiger partial charge >= 0.3 is 0 Å². The van der Waals surface area contributed by atoms with Crippen LogP contribution in [-0.4, -0.2) is 29.4 Å². The van der Waals surface area contributed by atoms with E-state index in [9.17, 15) is 14.0 Å². The second-order valence-electron chi connectivity index (χ2n) is 7.36. The van der Waals surface area contributed by atoms with Gasteiger partial charge in [-0.15, -0.1) is 0 Å². The molecule has 146 valence electrons. The molecule has 2 aliphatic rings. The first-order valence-corrected chi connectivity index (χ1v) is 9.73. The highest BCUT2D eigenvalue weighted by Gasteiger charge is 2.29. The molecule has 0 bridgehead atoms. The highest BCUT2D eigenvalue weighted by molar-refractivity contribution is 6.04. The number of hydrogen-bond donors (Lipinski definition) is 1. The highest BCUT2D eigenvalue weighted by atomic mass is 19.1. The molecule has 6 heteroatoms. The van der Waals surface area contributed by atoms with Crippen LogP contribution in [-0.2, 0) is 11.3 Å². The molecule has 2 aromatic carbocycles. The lowest BCUT2D eigenvalue weighted by atomic mass is 9.93. The van der Waals surface area contributed by atoms with Crippen LogP contribution in [0.25, 0.3) is 0 Å². The minimum Gasteiger partial charge on any atom is -0.483 e. The Morgan fingerprint density at radius 1 is 1.11 bits per heavy atom. The van der Waals surface area contributed by atoms with Crippen LogP contribution in [0.1, 0.15) is 48.0 Å². The third kappa shape index (κ3) is 3.86. The Bertz CT molecular complexity index is 893. The van der Waals surface area contributed by atoms with Crippen LogP contribution in [0.3, 0.4) is 0 Å². The summed E-state index contributed by atoms with van der Waals surface area (Å²) < 4.78 is 19.5. The summed E-state index contributed by atoms with van der Waals surface area (Å²) in [5.41, 5.74) is 1.39. The van der Waals surface area contributed by atoms with Crippen molar-refractivity contribution in [1.29, 1.82) is 0 Å². The maximum Gasteiger partial charge on any atom is 0.261 e. The molecule has 0 saturated heterocycles. The molecule has 0 atom stereocenters. The zero-order valence-corrected chi connectivity index (χ0v) is 15.6. The summed E-state index contributed by atoms with van der Waals surface area (Å²) in [6, 6.07) is 11.4. The number of fused-ring (bicyclic) bond motifs is 1. The number of carbonyl (C=O) groups excluding carboxylic acids is 2. The van der Waals surface area contributed by atoms with Crippen molar-refractivity contribution in [3.05, 3.63) is 59.4 Å². The van der Waals surface area contributed by atoms with Crippen molar-refractivity contribution in [2.24, 2.45) is 0 Å². The summed E-state index contributed by atoms with van der Waals surface area (Å²) in [6.45, 7) is 0.493. The van der Waals surface area contributed by atoms with Gasteiger partial charge in [0.25, 0.3) is 11.8 Å². The predicted octanol–water partition coefficient (Wildman–Crippen LogP) is 4.13. The quantitative estimate of drug-likeness (QED) is 0.868. The lowest BCUT2D eigenvalue weighted by Gasteiger charge is -2.33. The van der Waals surface area contributed by atoms with E-state index in [-0.39, 0.29) is 24.1 Å². The molecular weight excluding hydrogens is 359 g/mol. The lowest BCUT2D eigenvalue weighted by molar-refractivity contribution is -0.136. The molecule has 2 amide bonds. The van der Waals surface area contributed by atoms with Gasteiger partial charge in [-0.05, 0) is 43.2 Å². The monoisotopic (exact) mass is 382 g/mol. The first kappa shape index (κ1) is 18.5. The molecule has 1 aliphatic heterocycles. The van der Waals surface area contributed by atoms with Crippen molar-refractivity contribution in [2.75, 3.05) is 11.9 Å². The van der Waals surface area contributed by atoms with Gasteiger partial charge in [0, 0.05) is 23.8 Å². The third-order valence-electron chi connectivity index (χ3n) is 5.46. The Morgan fingerprint density at radius 3 is 2.68 bits per heavy atom. The maximum atomic E-state index is 13.8. The van der Waals surface area contributed by atoms with Gasteiger partial charge in [-0.2, -0.15) is 0 Å². The molecule has 1 N–H and O–H groups in total. The van der Waals surface area contributed by atoms with Crippen molar-refractivity contribution in [1.82, 2.24) is 4.90 Å². The van der Waals surface area contributed by atoms with E-state index in [2.05, 4.69) is 5.32 Å². The lowest BCUT2D eigenvalue weighted by Crippen LogP contribution is -2.42. The number of carbonyl (C=O) groups is 2. The Hall–Kier alpha value is -2.89. The number of rotatable bonds is 3. The Balaban J connectivity index is 1.55. The fourth-order valence-corrected chi connectivity index (χ4v) is 3.98. The van der Waals surface area contributed by atoms with Gasteiger partial charge in [0.1, 0.15) is 11.6 Å². The Morgan fingerprint density at radius 2 is 1.89 bits per heavy atom. The van der Waals surface area contributed by atoms with Crippen LogP contribution in [0.2, 0.25) is 0 Å². The fourth-order valence-electron chi connectivity index (χ4n) is 3.98. The minimum atomic E-state index is -0.563. The SMILES string of the molecule is O=C(Nc1ccc2c(c1)CN(C1CCCCC1)C(=O)CO2)c1ccccc1F. The van der Waals surface area contributed by atoms with Gasteiger partial charge in [-0.3, -0.25) is 9.59 Å². The summed E-state index contributed by atoms with van der Waals surface area (Å²) in [6.07, 6.45) is 5.54. The van der Waals surface area contributed by atoms with E-state index in [1.807, 2.05) is 11.0 Å². The van der Waals surface area contributed by atoms with Gasteiger partial charge in [0.15, 0.2) is 6.61 Å². The number of anilines is 1. The van der Waals surface area contributed by atoms with Gasteiger partial charge in [-0.25, -0.2) is 4.39 Å². The molecule has 0 spiro atoms. The van der Waals surface area contributed by atoms with E-state index < -0.39 is 11.7 Å². The summed E-state index contributed by atoms with van der Waals surface area (Å²) >= 11 is 0. The molecular formula is C22H23FN2O3. The number of ether oxygens (including phenoxy) is 1. The van der Waals surface area contributed by atoms with E-state index in [0.29, 0.717) is 18.0 Å². The standard InChI is InChI=1S/C22H23FN2O3/c23-19-9-5-4-8-18(19)22(27)24-16-10-11-20-15(12-16)13-25(21(26)14-28-20)17-6-2-1-3-7-17/h4-5,8-12,17H,1-3,6-7,13-14H2,(H,24,27). The predicted molar refractivity (Wildman–Crippen MR) is 104 cm³/mol. The van der Waals surface area contributed by atoms with Gasteiger partial charge in [0.05, 0.1) is 5.56 Å². The highest BCUT2D eigenvalue weighted by Crippen LogP contribution is 2.31. The number of nitrogens with one attached hydrogen (secondary N) is 1. The van der Waals surface area contributed by atoms with Crippen LogP contribution < -0.4 is 10.1 Å². The number of amides is 2. The van der Waals surface area contributed by atoms with Crippen LogP contribution in [0.4, 0.5) is 10.1 Å². The Labute approximate surface area is 163 Å². The van der Waals surface area contributed by atoms with Gasteiger partial charge in [-0.1, -0.05) is 31.4 Å². The van der Waals surface area contributed by atoms with E-state index >= 15 is 0 Å². The molecule has 2 aromatic rings. The summed E-state index contributed by atoms with van der Waals surface area (Å²) in [5.74, 6) is -0.421. The number of halogens is 1. The molecule has 4 rings (SSSR count). The zero-order valence-electron chi connectivity index (χ0n) is 15.6. The summed E-state index contributed by atoms with van der Waals surface area (Å²) in [4.78, 5) is 26.9. The van der Waals surface area contributed by atoms with Crippen molar-refractivity contribution in [3.8, 4) is 5.75 Å². The molecule has 1 heterocycles. The van der Waals surface area contributed by atoms with E-state index in [0.717, 1.165) is 31.2 Å². The smallest absolute Gasteiger partial charge is 0.261 e. The molecule has 0 aromatic heterocycles. The first-order valence-electron chi connectivity index (χ1n) is 9.73. The molecule has 28 heavy (non-hydrogen) atoms. The van der Waals surface area contributed by atoms with Gasteiger partial charge in [0.2, 0.25) is 0 Å². The fraction of sp³-hybridized carbons (Fsp3) is 0.364. The second kappa shape index (κ2) is 8.00. The molecule has 5 nitrogen and oxygen atoms in total. The van der Waals surface area contributed by atoms with Crippen molar-refractivity contribution in [2.45, 2.75) is 44.7 Å². The molecule has 1 aliphatic carbocycles. The third-order valence-corrected chi connectivity index (χ3v) is 5.46. The Kier molecular flexibility index (Phi) is 5.28. The normalized spacial score (nSPS) is 17.5. The zero-order chi connectivity index (χ0) is 19.5. The second-order valence-corrected chi connectivity index (χ2v) is 7.36. The molecule has 1 fully saturated rings. The number of hydrogen-bond acceptors (Lipinski definition) is 3. The van der Waals surface area contributed by atoms with E-state index in [4.69, 9.17) is 4.74 Å². The van der Waals surface area contributed by atoms with Gasteiger partial charge < -0.3 is 15.0 Å². The maximum absolute atomic E-state index is 13.8. The van der Waals surface area contributed by atoms with Crippen LogP contribution in [0.5, 0.6) is 5.75 Å². The van der Waals surface area contributed by atoms with Crippen LogP contribution in [0.15, 0.2) is 42.5 Å². The first-order chi connectivity index (χ1) is 13.6. The molecule has 0 unspecified atom stereocenters. The number of benzene rings is 2. The van der Waals surface area contributed by atoms with Crippen LogP contribution >= 0.6 is 0 Å². The summed E-state index contributed by atoms with van der Waals surface area (Å²) in [7, 11) is 0. The van der Waals surface area contributed by atoms with Crippen molar-refractivity contribution < 1.29 is 18.7 Å². The van der Waals surface area contributed by atoms with E-state index in [1.54, 1.807) is 24.3 Å². The van der Waals surface area contributed by atoms with Crippen LogP contribution in [0, 0.1) is 5.82 Å². The topological polar surface area (TPSA) is 58.6 Å². The minimum absolute atomic E-state index is 0.0000391. The average molecular weight is 382 g/mol. The molecule has 0 radical (unpaired) electrons. The van der Waals surface area contributed by atoms with Crippen molar-refractivity contribution in [3.63, 3.8) is 0 Å². The summed E-state index contributed by atoms with van der Waals surface area (Å²) in [5, 5.41) is 2.74. The van der Waals surface area contributed by atoms with E-state index in [1.165, 1.54) is 18.6 Å². The largest absolute Gasteiger partial charge is 0.483 e. The van der Waals surface area contributed by atoms with Crippen molar-refractivity contribution >= 4 is 17.5 Å².